The minimum atomic E-state index is -0.385. The molecular weight excluding hydrogens is 268 g/mol. The van der Waals surface area contributed by atoms with Gasteiger partial charge < -0.3 is 14.8 Å². The predicted octanol–water partition coefficient (Wildman–Crippen LogP) is 1.03. The van der Waals surface area contributed by atoms with Gasteiger partial charge in [0.1, 0.15) is 12.1 Å². The number of nitrogens with zero attached hydrogens (tertiary/aromatic N) is 3. The molecule has 2 heterocycles. The fourth-order valence-corrected chi connectivity index (χ4v) is 2.66. The molecule has 1 saturated heterocycles. The zero-order valence-corrected chi connectivity index (χ0v) is 13.0. The van der Waals surface area contributed by atoms with Crippen molar-refractivity contribution in [3.05, 3.63) is 18.7 Å². The van der Waals surface area contributed by atoms with Crippen molar-refractivity contribution in [1.82, 2.24) is 19.8 Å². The van der Waals surface area contributed by atoms with E-state index in [-0.39, 0.29) is 23.9 Å². The van der Waals surface area contributed by atoms with E-state index >= 15 is 0 Å². The molecule has 0 radical (unpaired) electrons. The average molecular weight is 292 g/mol. The van der Waals surface area contributed by atoms with Crippen LogP contribution in [0, 0.1) is 5.92 Å². The molecule has 1 aliphatic heterocycles. The van der Waals surface area contributed by atoms with Gasteiger partial charge in [-0.1, -0.05) is 13.8 Å². The summed E-state index contributed by atoms with van der Waals surface area (Å²) >= 11 is 0. The van der Waals surface area contributed by atoms with Crippen molar-refractivity contribution >= 4 is 11.8 Å². The minimum absolute atomic E-state index is 0.0430. The van der Waals surface area contributed by atoms with Gasteiger partial charge in [-0.25, -0.2) is 4.98 Å². The Labute approximate surface area is 125 Å². The molecule has 1 aromatic heterocycles. The number of amides is 2. The molecule has 1 N–H and O–H groups in total. The summed E-state index contributed by atoms with van der Waals surface area (Å²) in [5, 5.41) is 2.84. The van der Waals surface area contributed by atoms with Crippen molar-refractivity contribution in [3.8, 4) is 0 Å². The molecule has 1 aliphatic rings. The molecule has 1 fully saturated rings. The standard InChI is InChI=1S/C15H24N4O2/c1-11(2)9-13-15(21)19(12(3)14(20)17-13)7-4-6-18-8-5-16-10-18/h5,8,10-13H,4,6-7,9H2,1-3H3,(H,17,20). The number of hydrogen-bond donors (Lipinski definition) is 1. The second-order valence-corrected chi connectivity index (χ2v) is 6.05. The van der Waals surface area contributed by atoms with Crippen LogP contribution >= 0.6 is 0 Å². The Morgan fingerprint density at radius 2 is 2.10 bits per heavy atom. The van der Waals surface area contributed by atoms with Crippen LogP contribution in [0.15, 0.2) is 18.7 Å². The first-order valence-corrected chi connectivity index (χ1v) is 7.55. The summed E-state index contributed by atoms with van der Waals surface area (Å²) in [5.41, 5.74) is 0. The molecule has 6 nitrogen and oxygen atoms in total. The predicted molar refractivity (Wildman–Crippen MR) is 79.4 cm³/mol. The summed E-state index contributed by atoms with van der Waals surface area (Å²) in [5.74, 6) is 0.366. The average Bonchev–Trinajstić information content (AvgIpc) is 2.92. The van der Waals surface area contributed by atoms with Gasteiger partial charge in [-0.3, -0.25) is 9.59 Å². The molecule has 0 aliphatic carbocycles. The monoisotopic (exact) mass is 292 g/mol. The summed E-state index contributed by atoms with van der Waals surface area (Å²) in [6, 6.07) is -0.759. The maximum atomic E-state index is 12.5. The van der Waals surface area contributed by atoms with E-state index in [1.807, 2.05) is 10.8 Å². The maximum absolute atomic E-state index is 12.5. The van der Waals surface area contributed by atoms with Crippen LogP contribution in [-0.4, -0.2) is 44.9 Å². The van der Waals surface area contributed by atoms with E-state index in [1.54, 1.807) is 24.3 Å². The van der Waals surface area contributed by atoms with Crippen molar-refractivity contribution in [3.63, 3.8) is 0 Å². The Hall–Kier alpha value is -1.85. The van der Waals surface area contributed by atoms with Crippen LogP contribution in [0.1, 0.15) is 33.6 Å². The van der Waals surface area contributed by atoms with Crippen LogP contribution in [0.25, 0.3) is 0 Å². The molecule has 21 heavy (non-hydrogen) atoms. The van der Waals surface area contributed by atoms with Gasteiger partial charge in [0.05, 0.1) is 6.33 Å². The molecule has 116 valence electrons. The number of imidazole rings is 1. The third-order valence-corrected chi connectivity index (χ3v) is 3.83. The topological polar surface area (TPSA) is 67.2 Å². The molecule has 6 heteroatoms. The fourth-order valence-electron chi connectivity index (χ4n) is 2.66. The molecular formula is C15H24N4O2. The van der Waals surface area contributed by atoms with Crippen LogP contribution < -0.4 is 5.32 Å². The van der Waals surface area contributed by atoms with Gasteiger partial charge in [0.15, 0.2) is 0 Å². The zero-order valence-electron chi connectivity index (χ0n) is 13.0. The second-order valence-electron chi connectivity index (χ2n) is 6.05. The Kier molecular flexibility index (Phi) is 4.98. The van der Waals surface area contributed by atoms with Crippen LogP contribution in [0.4, 0.5) is 0 Å². The SMILES string of the molecule is CC(C)CC1NC(=O)C(C)N(CCCn2ccnc2)C1=O. The number of nitrogens with one attached hydrogen (secondary N) is 1. The summed E-state index contributed by atoms with van der Waals surface area (Å²) < 4.78 is 1.98. The number of aryl methyl sites for hydroxylation is 1. The number of carbonyl (C=O) groups excluding carboxylic acids is 2. The molecule has 2 atom stereocenters. The summed E-state index contributed by atoms with van der Waals surface area (Å²) in [4.78, 5) is 30.2. The largest absolute Gasteiger partial charge is 0.343 e. The Bertz CT molecular complexity index is 484. The van der Waals surface area contributed by atoms with Crippen LogP contribution in [0.3, 0.4) is 0 Å². The molecule has 0 bridgehead atoms. The van der Waals surface area contributed by atoms with Gasteiger partial charge in [0.2, 0.25) is 11.8 Å². The molecule has 2 unspecified atom stereocenters. The highest BCUT2D eigenvalue weighted by atomic mass is 16.2. The Balaban J connectivity index is 1.94. The quantitative estimate of drug-likeness (QED) is 0.851. The van der Waals surface area contributed by atoms with E-state index in [0.29, 0.717) is 18.9 Å². The first kappa shape index (κ1) is 15.5. The van der Waals surface area contributed by atoms with Crippen molar-refractivity contribution in [2.75, 3.05) is 6.54 Å². The van der Waals surface area contributed by atoms with Gasteiger partial charge in [-0.15, -0.1) is 0 Å². The molecule has 2 amide bonds. The molecule has 0 spiro atoms. The van der Waals surface area contributed by atoms with Gasteiger partial charge in [0.25, 0.3) is 0 Å². The number of carbonyl (C=O) groups is 2. The molecule has 1 aromatic rings. The molecule has 2 rings (SSSR count). The van der Waals surface area contributed by atoms with Crippen molar-refractivity contribution < 1.29 is 9.59 Å². The summed E-state index contributed by atoms with van der Waals surface area (Å²) in [6.45, 7) is 7.30. The lowest BCUT2D eigenvalue weighted by Gasteiger charge is -2.38. The smallest absolute Gasteiger partial charge is 0.245 e. The van der Waals surface area contributed by atoms with Gasteiger partial charge in [0, 0.05) is 25.5 Å². The third-order valence-electron chi connectivity index (χ3n) is 3.83. The minimum Gasteiger partial charge on any atom is -0.343 e. The van der Waals surface area contributed by atoms with Crippen molar-refractivity contribution in [1.29, 1.82) is 0 Å². The van der Waals surface area contributed by atoms with E-state index in [9.17, 15) is 9.59 Å². The second kappa shape index (κ2) is 6.74. The Morgan fingerprint density at radius 1 is 1.33 bits per heavy atom. The summed E-state index contributed by atoms with van der Waals surface area (Å²) in [7, 11) is 0. The van der Waals surface area contributed by atoms with Crippen LogP contribution in [0.2, 0.25) is 0 Å². The van der Waals surface area contributed by atoms with Gasteiger partial charge in [-0.05, 0) is 25.7 Å². The number of aromatic nitrogens is 2. The molecule has 0 aromatic carbocycles. The summed E-state index contributed by atoms with van der Waals surface area (Å²) in [6.07, 6.45) is 6.90. The lowest BCUT2D eigenvalue weighted by molar-refractivity contribution is -0.149. The highest BCUT2D eigenvalue weighted by molar-refractivity contribution is 5.96. The van der Waals surface area contributed by atoms with E-state index in [0.717, 1.165) is 13.0 Å². The molecule has 0 saturated carbocycles. The van der Waals surface area contributed by atoms with E-state index in [4.69, 9.17) is 0 Å². The van der Waals surface area contributed by atoms with Crippen molar-refractivity contribution in [2.24, 2.45) is 5.92 Å². The number of rotatable bonds is 6. The van der Waals surface area contributed by atoms with E-state index < -0.39 is 0 Å². The van der Waals surface area contributed by atoms with Crippen LogP contribution in [0.5, 0.6) is 0 Å². The fraction of sp³-hybridized carbons (Fsp3) is 0.667. The van der Waals surface area contributed by atoms with Crippen molar-refractivity contribution in [2.45, 2.75) is 52.2 Å². The van der Waals surface area contributed by atoms with Crippen LogP contribution in [-0.2, 0) is 16.1 Å². The number of piperazine rings is 1. The van der Waals surface area contributed by atoms with Gasteiger partial charge >= 0.3 is 0 Å². The van der Waals surface area contributed by atoms with E-state index in [1.165, 1.54) is 0 Å². The highest BCUT2D eigenvalue weighted by Crippen LogP contribution is 2.16. The Morgan fingerprint density at radius 3 is 2.71 bits per heavy atom. The first-order valence-electron chi connectivity index (χ1n) is 7.55. The third kappa shape index (κ3) is 3.83. The highest BCUT2D eigenvalue weighted by Gasteiger charge is 2.37. The van der Waals surface area contributed by atoms with E-state index in [2.05, 4.69) is 24.1 Å². The lowest BCUT2D eigenvalue weighted by Crippen LogP contribution is -2.62. The normalized spacial score (nSPS) is 22.8. The maximum Gasteiger partial charge on any atom is 0.245 e. The lowest BCUT2D eigenvalue weighted by atomic mass is 9.99. The van der Waals surface area contributed by atoms with Gasteiger partial charge in [-0.2, -0.15) is 0 Å². The zero-order chi connectivity index (χ0) is 15.4. The number of hydrogen-bond acceptors (Lipinski definition) is 3. The first-order chi connectivity index (χ1) is 9.99.